The summed E-state index contributed by atoms with van der Waals surface area (Å²) in [7, 11) is 0. The van der Waals surface area contributed by atoms with E-state index in [0.29, 0.717) is 5.92 Å². The zero-order chi connectivity index (χ0) is 13.7. The van der Waals surface area contributed by atoms with Gasteiger partial charge in [-0.2, -0.15) is 11.8 Å². The first-order valence-electron chi connectivity index (χ1n) is 7.11. The van der Waals surface area contributed by atoms with Gasteiger partial charge in [-0.1, -0.05) is 53.4 Å². The smallest absolute Gasteiger partial charge is 0 e. The van der Waals surface area contributed by atoms with Gasteiger partial charge in [0.05, 0.1) is 0 Å². The van der Waals surface area contributed by atoms with Gasteiger partial charge in [0.1, 0.15) is 0 Å². The second kappa shape index (κ2) is 26.8. The predicted octanol–water partition coefficient (Wildman–Crippen LogP) is 5.90. The maximum absolute atomic E-state index is 3.94. The molecule has 0 aromatic heterocycles. The van der Waals surface area contributed by atoms with E-state index >= 15 is 0 Å². The second-order valence-corrected chi connectivity index (χ2v) is 5.00. The molecule has 0 saturated heterocycles. The van der Waals surface area contributed by atoms with Crippen LogP contribution in [0, 0.1) is 38.5 Å². The molecule has 20 heavy (non-hydrogen) atoms. The Morgan fingerprint density at radius 2 is 1.50 bits per heavy atom. The van der Waals surface area contributed by atoms with Crippen molar-refractivity contribution in [1.29, 1.82) is 0 Å². The van der Waals surface area contributed by atoms with Crippen LogP contribution in [0.15, 0.2) is 12.2 Å². The number of hydrogen-bond donors (Lipinski definition) is 0. The Labute approximate surface area is 205 Å². The summed E-state index contributed by atoms with van der Waals surface area (Å²) < 4.78 is 0. The zero-order valence-electron chi connectivity index (χ0n) is 14.3. The van der Waals surface area contributed by atoms with Crippen molar-refractivity contribution in [3.8, 4) is 0 Å². The van der Waals surface area contributed by atoms with Gasteiger partial charge in [0.2, 0.25) is 0 Å². The van der Waals surface area contributed by atoms with E-state index in [2.05, 4.69) is 48.5 Å². The maximum atomic E-state index is 3.94. The van der Waals surface area contributed by atoms with Gasteiger partial charge in [0.25, 0.3) is 0 Å². The maximum Gasteiger partial charge on any atom is 0 e. The van der Waals surface area contributed by atoms with Crippen LogP contribution in [0.4, 0.5) is 0 Å². The van der Waals surface area contributed by atoms with Gasteiger partial charge in [-0.3, -0.25) is 0 Å². The molecule has 0 amide bonds. The minimum absolute atomic E-state index is 0. The van der Waals surface area contributed by atoms with Crippen molar-refractivity contribution in [2.24, 2.45) is 17.8 Å². The first kappa shape index (κ1) is 34.3. The number of hydrogen-bond acceptors (Lipinski definition) is 0. The molecule has 1 saturated carbocycles. The molecule has 1 rings (SSSR count). The molecule has 0 aliphatic heterocycles. The average molecular weight is 504 g/mol. The van der Waals surface area contributed by atoms with Gasteiger partial charge in [-0.25, -0.2) is 19.1 Å². The Bertz CT molecular complexity index is 162. The molecule has 0 aromatic carbocycles. The van der Waals surface area contributed by atoms with E-state index < -0.39 is 0 Å². The quantitative estimate of drug-likeness (QED) is 0.420. The first-order chi connectivity index (χ1) is 8.01. The largest absolute Gasteiger partial charge is 0.341 e. The third-order valence-corrected chi connectivity index (χ3v) is 3.01. The standard InChI is InChI=1S/C7H13.C5H11.C5H9.3Y/c1-3-7-4-6(2)5-7;1-4-5(2)3;1-3-5-4-2;;;/h6-7H,2-5H2,1H3;5H,2,4H2,1,3H3;3,5H,1,4H2,2H3;;;/q3*-1;;;. The third-order valence-electron chi connectivity index (χ3n) is 3.01. The Kier molecular flexibility index (Phi) is 46.0. The molecule has 0 bridgehead atoms. The van der Waals surface area contributed by atoms with Gasteiger partial charge >= 0.3 is 0 Å². The molecule has 1 unspecified atom stereocenters. The van der Waals surface area contributed by atoms with Crippen molar-refractivity contribution >= 4 is 0 Å². The molecular weight excluding hydrogens is 471 g/mol. The first-order valence-corrected chi connectivity index (χ1v) is 7.11. The molecule has 0 aromatic rings. The minimum atomic E-state index is 0. The van der Waals surface area contributed by atoms with Gasteiger partial charge < -0.3 is 13.8 Å². The molecule has 0 N–H and O–H groups in total. The summed E-state index contributed by atoms with van der Waals surface area (Å²) in [6.45, 7) is 19.8. The molecule has 1 aliphatic carbocycles. The van der Waals surface area contributed by atoms with Crippen LogP contribution in [0.1, 0.15) is 59.8 Å². The fourth-order valence-corrected chi connectivity index (χ4v) is 1.37. The second-order valence-electron chi connectivity index (χ2n) is 5.00. The van der Waals surface area contributed by atoms with Crippen molar-refractivity contribution in [3.05, 3.63) is 32.9 Å². The normalized spacial score (nSPS) is 20.3. The summed E-state index contributed by atoms with van der Waals surface area (Å²) in [5.74, 6) is 2.46. The van der Waals surface area contributed by atoms with Crippen LogP contribution in [-0.2, 0) is 98.1 Å². The summed E-state index contributed by atoms with van der Waals surface area (Å²) in [5, 5.41) is 0. The van der Waals surface area contributed by atoms with Gasteiger partial charge in [0, 0.05) is 98.1 Å². The van der Waals surface area contributed by atoms with E-state index in [0.717, 1.165) is 18.3 Å². The number of rotatable bonds is 3. The van der Waals surface area contributed by atoms with Gasteiger partial charge in [-0.15, -0.1) is 6.42 Å². The monoisotopic (exact) mass is 504 g/mol. The summed E-state index contributed by atoms with van der Waals surface area (Å²) in [4.78, 5) is 0. The van der Waals surface area contributed by atoms with Crippen molar-refractivity contribution in [2.45, 2.75) is 59.8 Å². The predicted molar refractivity (Wildman–Crippen MR) is 81.5 cm³/mol. The van der Waals surface area contributed by atoms with E-state index in [9.17, 15) is 0 Å². The van der Waals surface area contributed by atoms with Crippen LogP contribution in [-0.4, -0.2) is 0 Å². The van der Waals surface area contributed by atoms with Crippen LogP contribution in [0.3, 0.4) is 0 Å². The molecule has 3 radical (unpaired) electrons. The number of allylic oxidation sites excluding steroid dienone is 2. The summed E-state index contributed by atoms with van der Waals surface area (Å²) in [5.41, 5.74) is 0. The van der Waals surface area contributed by atoms with Crippen LogP contribution in [0.25, 0.3) is 0 Å². The van der Waals surface area contributed by atoms with E-state index in [1.165, 1.54) is 25.7 Å². The molecule has 0 nitrogen and oxygen atoms in total. The third kappa shape index (κ3) is 29.0. The molecule has 3 heteroatoms. The Balaban J connectivity index is -0.0000000536. The molecule has 1 aliphatic rings. The van der Waals surface area contributed by atoms with Crippen molar-refractivity contribution in [3.63, 3.8) is 0 Å². The summed E-state index contributed by atoms with van der Waals surface area (Å²) >= 11 is 0. The molecule has 0 spiro atoms. The Hall–Kier alpha value is 2.92. The van der Waals surface area contributed by atoms with Crippen molar-refractivity contribution < 1.29 is 98.1 Å². The topological polar surface area (TPSA) is 0 Å². The summed E-state index contributed by atoms with van der Waals surface area (Å²) in [6.07, 6.45) is 10.3. The van der Waals surface area contributed by atoms with Crippen molar-refractivity contribution in [1.82, 2.24) is 0 Å². The van der Waals surface area contributed by atoms with Crippen LogP contribution < -0.4 is 0 Å². The SMILES string of the molecule is [CH2-]C(C)CC.[CH2-]C1CC(CC)C1.[CH2-]C=CCC.[Y].[Y].[Y]. The van der Waals surface area contributed by atoms with E-state index in [-0.39, 0.29) is 98.1 Å². The molecule has 113 valence electrons. The fraction of sp³-hybridized carbons (Fsp3) is 0.706. The van der Waals surface area contributed by atoms with Crippen molar-refractivity contribution in [2.75, 3.05) is 0 Å². The van der Waals surface area contributed by atoms with Crippen LogP contribution in [0.2, 0.25) is 0 Å². The Morgan fingerprint density at radius 1 is 1.10 bits per heavy atom. The molecule has 1 fully saturated rings. The fourth-order valence-electron chi connectivity index (χ4n) is 1.37. The molecule has 0 heterocycles. The van der Waals surface area contributed by atoms with E-state index in [4.69, 9.17) is 0 Å². The Morgan fingerprint density at radius 3 is 1.55 bits per heavy atom. The van der Waals surface area contributed by atoms with E-state index in [1.54, 1.807) is 6.08 Å². The minimum Gasteiger partial charge on any atom is -0.341 e. The van der Waals surface area contributed by atoms with Crippen LogP contribution in [0.5, 0.6) is 0 Å². The average Bonchev–Trinajstić information content (AvgIpc) is 2.27. The van der Waals surface area contributed by atoms with Gasteiger partial charge in [-0.05, 0) is 5.92 Å². The van der Waals surface area contributed by atoms with Crippen LogP contribution >= 0.6 is 0 Å². The summed E-state index contributed by atoms with van der Waals surface area (Å²) in [6, 6.07) is 0. The van der Waals surface area contributed by atoms with Gasteiger partial charge in [0.15, 0.2) is 0 Å². The zero-order valence-corrected chi connectivity index (χ0v) is 22.8. The molecular formula is C17H33Y3-3. The van der Waals surface area contributed by atoms with E-state index in [1.807, 2.05) is 6.08 Å². The molecule has 1 atom stereocenters.